The molecule has 2 aliphatic carbocycles. The van der Waals surface area contributed by atoms with E-state index >= 15 is 0 Å². The predicted molar refractivity (Wildman–Crippen MR) is 81.5 cm³/mol. The Morgan fingerprint density at radius 1 is 1.29 bits per heavy atom. The van der Waals surface area contributed by atoms with Crippen LogP contribution in [-0.2, 0) is 0 Å². The highest BCUT2D eigenvalue weighted by atomic mass is 19.1. The molecule has 0 spiro atoms. The quantitative estimate of drug-likeness (QED) is 0.884. The number of rotatable bonds is 4. The second-order valence-corrected chi connectivity index (χ2v) is 6.70. The molecule has 4 atom stereocenters. The Morgan fingerprint density at radius 3 is 2.90 bits per heavy atom. The number of hydrogen-bond donors (Lipinski definition) is 1. The molecule has 2 bridgehead atoms. The average Bonchev–Trinajstić information content (AvgIpc) is 3.18. The average molecular weight is 287 g/mol. The second-order valence-electron chi connectivity index (χ2n) is 6.70. The van der Waals surface area contributed by atoms with E-state index in [1.54, 1.807) is 12.1 Å². The van der Waals surface area contributed by atoms with Gasteiger partial charge in [-0.05, 0) is 67.8 Å². The minimum Gasteiger partial charge on any atom is -0.459 e. The van der Waals surface area contributed by atoms with E-state index in [0.717, 1.165) is 35.1 Å². The summed E-state index contributed by atoms with van der Waals surface area (Å²) in [5.74, 6) is 3.21. The standard InChI is InChI=1S/C18H22FNO/c1-2-20-18(15-8-11-3-4-12(15)7-11)17-10-13-9-14(19)5-6-16(13)21-17/h5-6,9-12,15,18,20H,2-4,7-8H2,1H3. The maximum atomic E-state index is 13.4. The monoisotopic (exact) mass is 287 g/mol. The summed E-state index contributed by atoms with van der Waals surface area (Å²) in [7, 11) is 0. The van der Waals surface area contributed by atoms with Gasteiger partial charge in [-0.1, -0.05) is 13.3 Å². The summed E-state index contributed by atoms with van der Waals surface area (Å²) >= 11 is 0. The summed E-state index contributed by atoms with van der Waals surface area (Å²) in [6.07, 6.45) is 5.48. The van der Waals surface area contributed by atoms with Crippen LogP contribution in [0.5, 0.6) is 0 Å². The van der Waals surface area contributed by atoms with Gasteiger partial charge in [0.05, 0.1) is 6.04 Å². The number of furan rings is 1. The zero-order valence-corrected chi connectivity index (χ0v) is 12.4. The molecule has 2 nitrogen and oxygen atoms in total. The lowest BCUT2D eigenvalue weighted by atomic mass is 9.82. The zero-order chi connectivity index (χ0) is 14.4. The third-order valence-electron chi connectivity index (χ3n) is 5.45. The molecule has 112 valence electrons. The van der Waals surface area contributed by atoms with Crippen LogP contribution in [0.3, 0.4) is 0 Å². The lowest BCUT2D eigenvalue weighted by Gasteiger charge is -2.29. The van der Waals surface area contributed by atoms with Crippen LogP contribution in [0.1, 0.15) is 44.4 Å². The van der Waals surface area contributed by atoms with Crippen molar-refractivity contribution in [3.05, 3.63) is 35.8 Å². The molecule has 2 saturated carbocycles. The summed E-state index contributed by atoms with van der Waals surface area (Å²) in [5.41, 5.74) is 0.789. The van der Waals surface area contributed by atoms with Crippen LogP contribution in [0.4, 0.5) is 4.39 Å². The van der Waals surface area contributed by atoms with E-state index in [9.17, 15) is 4.39 Å². The summed E-state index contributed by atoms with van der Waals surface area (Å²) in [6, 6.07) is 7.07. The highest BCUT2D eigenvalue weighted by Crippen LogP contribution is 2.52. The van der Waals surface area contributed by atoms with Crippen molar-refractivity contribution in [1.82, 2.24) is 5.32 Å². The van der Waals surface area contributed by atoms with Crippen molar-refractivity contribution in [1.29, 1.82) is 0 Å². The number of benzene rings is 1. The molecule has 0 saturated heterocycles. The van der Waals surface area contributed by atoms with Crippen LogP contribution in [0.2, 0.25) is 0 Å². The minimum atomic E-state index is -0.199. The molecule has 2 fully saturated rings. The third-order valence-corrected chi connectivity index (χ3v) is 5.45. The second kappa shape index (κ2) is 5.13. The van der Waals surface area contributed by atoms with Crippen LogP contribution in [0.25, 0.3) is 11.0 Å². The summed E-state index contributed by atoms with van der Waals surface area (Å²) in [4.78, 5) is 0. The minimum absolute atomic E-state index is 0.199. The van der Waals surface area contributed by atoms with Gasteiger partial charge in [0.25, 0.3) is 0 Å². The van der Waals surface area contributed by atoms with Gasteiger partial charge in [-0.3, -0.25) is 0 Å². The molecule has 21 heavy (non-hydrogen) atoms. The molecule has 0 aliphatic heterocycles. The molecular weight excluding hydrogens is 265 g/mol. The molecule has 1 N–H and O–H groups in total. The van der Waals surface area contributed by atoms with Gasteiger partial charge in [0.15, 0.2) is 0 Å². The SMILES string of the molecule is CCNC(c1cc2cc(F)ccc2o1)C1CC2CCC1C2. The van der Waals surface area contributed by atoms with Gasteiger partial charge in [0, 0.05) is 5.39 Å². The summed E-state index contributed by atoms with van der Waals surface area (Å²) in [6.45, 7) is 3.08. The number of halogens is 1. The van der Waals surface area contributed by atoms with E-state index in [4.69, 9.17) is 4.42 Å². The Hall–Kier alpha value is -1.35. The lowest BCUT2D eigenvalue weighted by Crippen LogP contribution is -2.31. The van der Waals surface area contributed by atoms with E-state index < -0.39 is 0 Å². The molecule has 1 aromatic carbocycles. The maximum absolute atomic E-state index is 13.4. The van der Waals surface area contributed by atoms with Gasteiger partial charge in [0.2, 0.25) is 0 Å². The van der Waals surface area contributed by atoms with E-state index in [1.165, 1.54) is 31.7 Å². The normalized spacial score (nSPS) is 29.3. The molecule has 4 unspecified atom stereocenters. The summed E-state index contributed by atoms with van der Waals surface area (Å²) in [5, 5.41) is 4.49. The molecule has 3 heteroatoms. The Balaban J connectivity index is 1.68. The number of hydrogen-bond acceptors (Lipinski definition) is 2. The molecular formula is C18H22FNO. The smallest absolute Gasteiger partial charge is 0.134 e. The molecule has 1 heterocycles. The van der Waals surface area contributed by atoms with Crippen LogP contribution < -0.4 is 5.32 Å². The van der Waals surface area contributed by atoms with Crippen molar-refractivity contribution in [3.8, 4) is 0 Å². The van der Waals surface area contributed by atoms with Gasteiger partial charge >= 0.3 is 0 Å². The topological polar surface area (TPSA) is 25.2 Å². The van der Waals surface area contributed by atoms with E-state index in [-0.39, 0.29) is 11.9 Å². The molecule has 0 radical (unpaired) electrons. The molecule has 1 aromatic heterocycles. The first-order chi connectivity index (χ1) is 10.2. The fourth-order valence-electron chi connectivity index (χ4n) is 4.57. The fourth-order valence-corrected chi connectivity index (χ4v) is 4.57. The Kier molecular flexibility index (Phi) is 3.26. The van der Waals surface area contributed by atoms with Gasteiger partial charge in [-0.25, -0.2) is 4.39 Å². The van der Waals surface area contributed by atoms with Gasteiger partial charge in [-0.15, -0.1) is 0 Å². The van der Waals surface area contributed by atoms with Crippen molar-refractivity contribution in [2.75, 3.05) is 6.54 Å². The molecule has 2 aromatic rings. The van der Waals surface area contributed by atoms with E-state index in [1.807, 2.05) is 6.07 Å². The van der Waals surface area contributed by atoms with Crippen molar-refractivity contribution in [2.24, 2.45) is 17.8 Å². The number of nitrogens with one attached hydrogen (secondary N) is 1. The maximum Gasteiger partial charge on any atom is 0.134 e. The molecule has 0 amide bonds. The van der Waals surface area contributed by atoms with Gasteiger partial charge < -0.3 is 9.73 Å². The predicted octanol–water partition coefficient (Wildman–Crippen LogP) is 4.66. The third kappa shape index (κ3) is 2.28. The Labute approximate surface area is 124 Å². The summed E-state index contributed by atoms with van der Waals surface area (Å²) < 4.78 is 19.4. The zero-order valence-electron chi connectivity index (χ0n) is 12.4. The van der Waals surface area contributed by atoms with E-state index in [2.05, 4.69) is 12.2 Å². The van der Waals surface area contributed by atoms with Crippen molar-refractivity contribution in [2.45, 2.75) is 38.6 Å². The first kappa shape index (κ1) is 13.3. The van der Waals surface area contributed by atoms with Crippen molar-refractivity contribution in [3.63, 3.8) is 0 Å². The molecule has 4 rings (SSSR count). The van der Waals surface area contributed by atoms with E-state index in [0.29, 0.717) is 5.92 Å². The molecule has 2 aliphatic rings. The first-order valence-electron chi connectivity index (χ1n) is 8.17. The van der Waals surface area contributed by atoms with Crippen LogP contribution in [0, 0.1) is 23.6 Å². The van der Waals surface area contributed by atoms with Gasteiger partial charge in [-0.2, -0.15) is 0 Å². The Morgan fingerprint density at radius 2 is 2.19 bits per heavy atom. The van der Waals surface area contributed by atoms with Crippen molar-refractivity contribution >= 4 is 11.0 Å². The fraction of sp³-hybridized carbons (Fsp3) is 0.556. The van der Waals surface area contributed by atoms with Crippen LogP contribution >= 0.6 is 0 Å². The Bertz CT molecular complexity index is 650. The highest BCUT2D eigenvalue weighted by Gasteiger charge is 2.44. The van der Waals surface area contributed by atoms with Crippen molar-refractivity contribution < 1.29 is 8.81 Å². The lowest BCUT2D eigenvalue weighted by molar-refractivity contribution is 0.231. The highest BCUT2D eigenvalue weighted by molar-refractivity contribution is 5.78. The number of fused-ring (bicyclic) bond motifs is 3. The van der Waals surface area contributed by atoms with Crippen LogP contribution in [-0.4, -0.2) is 6.54 Å². The van der Waals surface area contributed by atoms with Gasteiger partial charge in [0.1, 0.15) is 17.2 Å². The van der Waals surface area contributed by atoms with Crippen LogP contribution in [0.15, 0.2) is 28.7 Å². The largest absolute Gasteiger partial charge is 0.459 e. The first-order valence-corrected chi connectivity index (χ1v) is 8.17.